The molecule has 0 amide bonds. The highest BCUT2D eigenvalue weighted by Crippen LogP contribution is 2.30. The first kappa shape index (κ1) is 21.0. The van der Waals surface area contributed by atoms with Gasteiger partial charge in [-0.25, -0.2) is 8.78 Å². The van der Waals surface area contributed by atoms with Crippen molar-refractivity contribution < 1.29 is 13.7 Å². The Hall–Kier alpha value is -2.02. The van der Waals surface area contributed by atoms with Crippen molar-refractivity contribution in [1.29, 1.82) is 0 Å². The summed E-state index contributed by atoms with van der Waals surface area (Å²) in [6, 6.07) is 7.13. The number of halogens is 3. The van der Waals surface area contributed by atoms with Gasteiger partial charge in [0.15, 0.2) is 0 Å². The zero-order valence-corrected chi connectivity index (χ0v) is 14.9. The van der Waals surface area contributed by atoms with Crippen LogP contribution in [0.3, 0.4) is 0 Å². The summed E-state index contributed by atoms with van der Waals surface area (Å²) in [4.78, 5) is 10.0. The van der Waals surface area contributed by atoms with E-state index in [1.54, 1.807) is 0 Å². The molecule has 0 aromatic heterocycles. The number of anilines is 2. The molecule has 0 heterocycles. The molecule has 1 N–H and O–H groups in total. The van der Waals surface area contributed by atoms with Crippen molar-refractivity contribution >= 4 is 33.0 Å². The quantitative estimate of drug-likeness (QED) is 0.486. The van der Waals surface area contributed by atoms with Gasteiger partial charge in [0, 0.05) is 22.7 Å². The summed E-state index contributed by atoms with van der Waals surface area (Å²) >= 11 is 3.15. The van der Waals surface area contributed by atoms with Gasteiger partial charge in [-0.05, 0) is 34.1 Å². The Labute approximate surface area is 142 Å². The van der Waals surface area contributed by atoms with Gasteiger partial charge in [-0.3, -0.25) is 10.1 Å². The lowest BCUT2D eigenvalue weighted by Crippen LogP contribution is -1.96. The van der Waals surface area contributed by atoms with E-state index in [4.69, 9.17) is 0 Å². The largest absolute Gasteiger partial charge is 0.352 e. The molecule has 23 heavy (non-hydrogen) atoms. The summed E-state index contributed by atoms with van der Waals surface area (Å²) in [7, 11) is 0. The van der Waals surface area contributed by atoms with Crippen LogP contribution in [0.15, 0.2) is 40.9 Å². The number of nitro benzene ring substituents is 1. The summed E-state index contributed by atoms with van der Waals surface area (Å²) in [6.07, 6.45) is 0. The number of nitrogens with one attached hydrogen (secondary N) is 1. The molecular weight excluding hydrogens is 370 g/mol. The van der Waals surface area contributed by atoms with E-state index in [2.05, 4.69) is 21.2 Å². The van der Waals surface area contributed by atoms with E-state index in [1.165, 1.54) is 24.3 Å². The summed E-state index contributed by atoms with van der Waals surface area (Å²) in [5.41, 5.74) is 0.434. The number of rotatable bonds is 3. The molecule has 0 bridgehead atoms. The Morgan fingerprint density at radius 3 is 2.04 bits per heavy atom. The maximum absolute atomic E-state index is 13.4. The van der Waals surface area contributed by atoms with Crippen molar-refractivity contribution in [2.24, 2.45) is 0 Å². The Bertz CT molecular complexity index is 652. The van der Waals surface area contributed by atoms with Crippen LogP contribution >= 0.6 is 15.9 Å². The van der Waals surface area contributed by atoms with Gasteiger partial charge in [-0.1, -0.05) is 27.7 Å². The van der Waals surface area contributed by atoms with Crippen molar-refractivity contribution in [3.63, 3.8) is 0 Å². The maximum atomic E-state index is 13.4. The minimum atomic E-state index is -0.745. The third-order valence-corrected chi connectivity index (χ3v) is 3.02. The maximum Gasteiger partial charge on any atom is 0.270 e. The molecule has 0 aliphatic rings. The predicted molar refractivity (Wildman–Crippen MR) is 93.1 cm³/mol. The Kier molecular flexibility index (Phi) is 9.73. The average molecular weight is 389 g/mol. The van der Waals surface area contributed by atoms with Crippen LogP contribution < -0.4 is 5.32 Å². The molecule has 0 radical (unpaired) electrons. The highest BCUT2D eigenvalue weighted by Gasteiger charge is 2.11. The smallest absolute Gasteiger partial charge is 0.270 e. The normalized spacial score (nSPS) is 9.00. The fourth-order valence-corrected chi connectivity index (χ4v) is 1.92. The summed E-state index contributed by atoms with van der Waals surface area (Å²) in [6.45, 7) is 8.00. The highest BCUT2D eigenvalue weighted by molar-refractivity contribution is 9.10. The monoisotopic (exact) mass is 388 g/mol. The number of nitrogens with zero attached hydrogens (tertiary/aromatic N) is 1. The molecule has 2 aromatic rings. The van der Waals surface area contributed by atoms with E-state index in [1.807, 2.05) is 27.7 Å². The van der Waals surface area contributed by atoms with E-state index in [0.29, 0.717) is 10.2 Å². The topological polar surface area (TPSA) is 55.2 Å². The number of benzene rings is 2. The molecule has 0 saturated heterocycles. The van der Waals surface area contributed by atoms with Crippen LogP contribution in [-0.2, 0) is 0 Å². The first-order valence-electron chi connectivity index (χ1n) is 7.13. The van der Waals surface area contributed by atoms with Crippen molar-refractivity contribution in [3.05, 3.63) is 62.6 Å². The third-order valence-electron chi connectivity index (χ3n) is 2.36. The number of non-ortho nitro benzene ring substituents is 1. The molecule has 0 spiro atoms. The lowest BCUT2D eigenvalue weighted by atomic mass is 10.2. The SMILES string of the molecule is CC.CC.O=[N+]([O-])c1ccc(Nc2ccc(F)cc2F)c(Br)c1. The zero-order chi connectivity index (χ0) is 18.0. The molecule has 0 unspecified atom stereocenters. The van der Waals surface area contributed by atoms with Crippen LogP contribution in [-0.4, -0.2) is 4.92 Å². The minimum Gasteiger partial charge on any atom is -0.352 e. The number of hydrogen-bond donors (Lipinski definition) is 1. The van der Waals surface area contributed by atoms with Crippen molar-refractivity contribution in [2.45, 2.75) is 27.7 Å². The Balaban J connectivity index is 0.00000112. The standard InChI is InChI=1S/C12H7BrF2N2O2.2C2H6/c13-9-6-8(17(18)19)2-4-11(9)16-12-3-1-7(14)5-10(12)15;2*1-2/h1-6,16H;2*1-2H3. The fraction of sp³-hybridized carbons (Fsp3) is 0.250. The van der Waals surface area contributed by atoms with Gasteiger partial charge in [-0.2, -0.15) is 0 Å². The number of nitro groups is 1. The van der Waals surface area contributed by atoms with Crippen LogP contribution in [0.4, 0.5) is 25.8 Å². The highest BCUT2D eigenvalue weighted by atomic mass is 79.9. The summed E-state index contributed by atoms with van der Waals surface area (Å²) in [5, 5.41) is 13.3. The summed E-state index contributed by atoms with van der Waals surface area (Å²) in [5.74, 6) is -1.42. The minimum absolute atomic E-state index is 0.0796. The Morgan fingerprint density at radius 2 is 1.57 bits per heavy atom. The molecule has 2 rings (SSSR count). The second kappa shape index (κ2) is 10.7. The first-order chi connectivity index (χ1) is 11.0. The molecule has 126 valence electrons. The molecule has 0 fully saturated rings. The second-order valence-electron chi connectivity index (χ2n) is 3.67. The van der Waals surface area contributed by atoms with Crippen LogP contribution in [0.1, 0.15) is 27.7 Å². The lowest BCUT2D eigenvalue weighted by molar-refractivity contribution is -0.384. The van der Waals surface area contributed by atoms with Crippen LogP contribution in [0.5, 0.6) is 0 Å². The molecule has 0 saturated carbocycles. The van der Waals surface area contributed by atoms with Gasteiger partial charge >= 0.3 is 0 Å². The van der Waals surface area contributed by atoms with Gasteiger partial charge < -0.3 is 5.32 Å². The van der Waals surface area contributed by atoms with Gasteiger partial charge in [0.1, 0.15) is 11.6 Å². The predicted octanol–water partition coefficient (Wildman–Crippen LogP) is 6.43. The molecule has 0 atom stereocenters. The zero-order valence-electron chi connectivity index (χ0n) is 13.4. The van der Waals surface area contributed by atoms with Crippen LogP contribution in [0.2, 0.25) is 0 Å². The molecule has 0 aliphatic heterocycles. The van der Waals surface area contributed by atoms with Gasteiger partial charge in [0.25, 0.3) is 5.69 Å². The molecular formula is C16H19BrF2N2O2. The molecule has 0 aliphatic carbocycles. The van der Waals surface area contributed by atoms with Gasteiger partial charge in [0.05, 0.1) is 16.3 Å². The average Bonchev–Trinajstić information content (AvgIpc) is 2.55. The molecule has 7 heteroatoms. The van der Waals surface area contributed by atoms with Gasteiger partial charge in [0.2, 0.25) is 0 Å². The second-order valence-corrected chi connectivity index (χ2v) is 4.52. The first-order valence-corrected chi connectivity index (χ1v) is 7.92. The van der Waals surface area contributed by atoms with E-state index in [9.17, 15) is 18.9 Å². The van der Waals surface area contributed by atoms with E-state index >= 15 is 0 Å². The van der Waals surface area contributed by atoms with E-state index < -0.39 is 16.6 Å². The summed E-state index contributed by atoms with van der Waals surface area (Å²) < 4.78 is 26.6. The lowest BCUT2D eigenvalue weighted by Gasteiger charge is -2.09. The van der Waals surface area contributed by atoms with Gasteiger partial charge in [-0.15, -0.1) is 0 Å². The van der Waals surface area contributed by atoms with Crippen molar-refractivity contribution in [2.75, 3.05) is 5.32 Å². The fourth-order valence-electron chi connectivity index (χ4n) is 1.45. The molecule has 4 nitrogen and oxygen atoms in total. The van der Waals surface area contributed by atoms with E-state index in [0.717, 1.165) is 12.1 Å². The van der Waals surface area contributed by atoms with Crippen LogP contribution in [0, 0.1) is 21.7 Å². The van der Waals surface area contributed by atoms with E-state index in [-0.39, 0.29) is 11.4 Å². The number of hydrogen-bond acceptors (Lipinski definition) is 3. The van der Waals surface area contributed by atoms with Crippen molar-refractivity contribution in [3.8, 4) is 0 Å². The van der Waals surface area contributed by atoms with Crippen LogP contribution in [0.25, 0.3) is 0 Å². The molecule has 2 aromatic carbocycles. The Morgan fingerprint density at radius 1 is 1.00 bits per heavy atom. The van der Waals surface area contributed by atoms with Crippen molar-refractivity contribution in [1.82, 2.24) is 0 Å². The third kappa shape index (κ3) is 6.32.